The summed E-state index contributed by atoms with van der Waals surface area (Å²) < 4.78 is 25.4. The van der Waals surface area contributed by atoms with Crippen LogP contribution < -0.4 is 5.32 Å². The molecule has 0 aliphatic carbocycles. The second-order valence-electron chi connectivity index (χ2n) is 5.80. The molecule has 1 N–H and O–H groups in total. The van der Waals surface area contributed by atoms with Crippen LogP contribution in [-0.2, 0) is 16.1 Å². The van der Waals surface area contributed by atoms with Gasteiger partial charge in [0.1, 0.15) is 5.82 Å². The topological polar surface area (TPSA) is 54.3 Å². The van der Waals surface area contributed by atoms with Gasteiger partial charge in [-0.05, 0) is 44.1 Å². The van der Waals surface area contributed by atoms with Crippen molar-refractivity contribution in [1.29, 1.82) is 5.26 Å². The van der Waals surface area contributed by atoms with Crippen LogP contribution in [0.2, 0.25) is 0 Å². The van der Waals surface area contributed by atoms with E-state index in [1.165, 1.54) is 12.1 Å². The Kier molecular flexibility index (Phi) is 4.20. The van der Waals surface area contributed by atoms with Crippen molar-refractivity contribution in [1.82, 2.24) is 5.32 Å². The fraction of sp³-hybridized carbons (Fsp3) is 0.562. The van der Waals surface area contributed by atoms with E-state index in [0.29, 0.717) is 17.7 Å². The molecule has 0 amide bonds. The number of nitrogens with one attached hydrogen (secondary N) is 1. The van der Waals surface area contributed by atoms with Crippen molar-refractivity contribution in [2.75, 3.05) is 19.7 Å². The first-order valence-electron chi connectivity index (χ1n) is 7.36. The number of nitrogens with zero attached hydrogens (tertiary/aromatic N) is 1. The zero-order valence-electron chi connectivity index (χ0n) is 11.9. The minimum absolute atomic E-state index is 0.00763. The van der Waals surface area contributed by atoms with Crippen molar-refractivity contribution in [2.24, 2.45) is 0 Å². The number of ether oxygens (including phenoxy) is 2. The van der Waals surface area contributed by atoms with E-state index >= 15 is 0 Å². The van der Waals surface area contributed by atoms with E-state index in [9.17, 15) is 4.39 Å². The van der Waals surface area contributed by atoms with Crippen molar-refractivity contribution in [3.8, 4) is 6.07 Å². The van der Waals surface area contributed by atoms with Gasteiger partial charge in [-0.2, -0.15) is 5.26 Å². The van der Waals surface area contributed by atoms with Gasteiger partial charge in [0.2, 0.25) is 0 Å². The van der Waals surface area contributed by atoms with Crippen molar-refractivity contribution in [3.05, 3.63) is 35.1 Å². The fourth-order valence-corrected chi connectivity index (χ4v) is 3.10. The first-order chi connectivity index (χ1) is 10.2. The standard InChI is InChI=1S/C16H19FN2O2/c17-15-2-1-12(9-18)7-13(15)10-20-14-8-16(21-11-14)3-5-19-6-4-16/h1-2,7,14,19H,3-6,8,10-11H2. The van der Waals surface area contributed by atoms with Gasteiger partial charge in [-0.1, -0.05) is 0 Å². The van der Waals surface area contributed by atoms with Crippen molar-refractivity contribution in [3.63, 3.8) is 0 Å². The van der Waals surface area contributed by atoms with E-state index in [4.69, 9.17) is 14.7 Å². The molecule has 0 bridgehead atoms. The largest absolute Gasteiger partial charge is 0.372 e. The minimum Gasteiger partial charge on any atom is -0.372 e. The van der Waals surface area contributed by atoms with E-state index in [1.807, 2.05) is 6.07 Å². The predicted octanol–water partition coefficient (Wildman–Crippen LogP) is 2.13. The molecule has 0 saturated carbocycles. The first kappa shape index (κ1) is 14.5. The van der Waals surface area contributed by atoms with Gasteiger partial charge in [0.05, 0.1) is 36.6 Å². The van der Waals surface area contributed by atoms with E-state index in [1.54, 1.807) is 6.07 Å². The highest BCUT2D eigenvalue weighted by Crippen LogP contribution is 2.35. The summed E-state index contributed by atoms with van der Waals surface area (Å²) in [5, 5.41) is 12.2. The van der Waals surface area contributed by atoms with Gasteiger partial charge in [0, 0.05) is 12.0 Å². The molecule has 2 aliphatic rings. The molecule has 0 radical (unpaired) electrons. The smallest absolute Gasteiger partial charge is 0.128 e. The molecule has 112 valence electrons. The lowest BCUT2D eigenvalue weighted by molar-refractivity contribution is -0.0241. The van der Waals surface area contributed by atoms with Crippen LogP contribution in [0.25, 0.3) is 0 Å². The highest BCUT2D eigenvalue weighted by molar-refractivity contribution is 5.33. The summed E-state index contributed by atoms with van der Waals surface area (Å²) in [6.45, 7) is 2.71. The maximum absolute atomic E-state index is 13.7. The molecular weight excluding hydrogens is 271 g/mol. The molecule has 4 nitrogen and oxygen atoms in total. The molecule has 3 rings (SSSR count). The normalized spacial score (nSPS) is 24.1. The van der Waals surface area contributed by atoms with E-state index in [-0.39, 0.29) is 24.1 Å². The molecule has 2 saturated heterocycles. The van der Waals surface area contributed by atoms with Crippen LogP contribution in [0.3, 0.4) is 0 Å². The second kappa shape index (κ2) is 6.10. The summed E-state index contributed by atoms with van der Waals surface area (Å²) >= 11 is 0. The van der Waals surface area contributed by atoms with Crippen LogP contribution in [-0.4, -0.2) is 31.4 Å². The van der Waals surface area contributed by atoms with Gasteiger partial charge in [0.25, 0.3) is 0 Å². The van der Waals surface area contributed by atoms with Crippen molar-refractivity contribution < 1.29 is 13.9 Å². The first-order valence-corrected chi connectivity index (χ1v) is 7.36. The Hall–Kier alpha value is -1.48. The van der Waals surface area contributed by atoms with E-state index in [0.717, 1.165) is 32.4 Å². The molecule has 2 fully saturated rings. The number of halogens is 1. The molecule has 2 heterocycles. The Bertz CT molecular complexity index is 550. The molecule has 5 heteroatoms. The average molecular weight is 290 g/mol. The molecule has 1 unspecified atom stereocenters. The van der Waals surface area contributed by atoms with Gasteiger partial charge in [-0.3, -0.25) is 0 Å². The summed E-state index contributed by atoms with van der Waals surface area (Å²) in [5.41, 5.74) is 0.830. The highest BCUT2D eigenvalue weighted by atomic mass is 19.1. The summed E-state index contributed by atoms with van der Waals surface area (Å²) in [6.07, 6.45) is 2.89. The number of hydrogen-bond acceptors (Lipinski definition) is 4. The zero-order chi connectivity index (χ0) is 14.7. The Morgan fingerprint density at radius 1 is 1.43 bits per heavy atom. The number of nitriles is 1. The zero-order valence-corrected chi connectivity index (χ0v) is 11.9. The predicted molar refractivity (Wildman–Crippen MR) is 75.1 cm³/mol. The summed E-state index contributed by atoms with van der Waals surface area (Å²) in [7, 11) is 0. The van der Waals surface area contributed by atoms with Crippen LogP contribution in [0.15, 0.2) is 18.2 Å². The number of benzene rings is 1. The number of hydrogen-bond donors (Lipinski definition) is 1. The fourth-order valence-electron chi connectivity index (χ4n) is 3.10. The average Bonchev–Trinajstić information content (AvgIpc) is 2.90. The lowest BCUT2D eigenvalue weighted by Gasteiger charge is -2.32. The highest BCUT2D eigenvalue weighted by Gasteiger charge is 2.41. The third-order valence-corrected chi connectivity index (χ3v) is 4.34. The Balaban J connectivity index is 1.58. The third kappa shape index (κ3) is 3.24. The van der Waals surface area contributed by atoms with Gasteiger partial charge < -0.3 is 14.8 Å². The quantitative estimate of drug-likeness (QED) is 0.926. The Labute approximate surface area is 123 Å². The third-order valence-electron chi connectivity index (χ3n) is 4.34. The van der Waals surface area contributed by atoms with Crippen LogP contribution in [0.5, 0.6) is 0 Å². The summed E-state index contributed by atoms with van der Waals surface area (Å²) in [4.78, 5) is 0. The van der Waals surface area contributed by atoms with Gasteiger partial charge in [-0.25, -0.2) is 4.39 Å². The number of rotatable bonds is 3. The summed E-state index contributed by atoms with van der Waals surface area (Å²) in [6, 6.07) is 6.35. The molecule has 1 aromatic carbocycles. The van der Waals surface area contributed by atoms with Crippen molar-refractivity contribution >= 4 is 0 Å². The van der Waals surface area contributed by atoms with E-state index < -0.39 is 0 Å². The molecule has 21 heavy (non-hydrogen) atoms. The van der Waals surface area contributed by atoms with Gasteiger partial charge in [0.15, 0.2) is 0 Å². The molecule has 0 aromatic heterocycles. The van der Waals surface area contributed by atoms with Crippen LogP contribution in [0, 0.1) is 17.1 Å². The minimum atomic E-state index is -0.329. The lowest BCUT2D eigenvalue weighted by atomic mass is 9.89. The summed E-state index contributed by atoms with van der Waals surface area (Å²) in [5.74, 6) is -0.329. The maximum Gasteiger partial charge on any atom is 0.128 e. The SMILES string of the molecule is N#Cc1ccc(F)c(COC2COC3(CCNCC3)C2)c1. The van der Waals surface area contributed by atoms with Gasteiger partial charge >= 0.3 is 0 Å². The molecule has 1 aromatic rings. The van der Waals surface area contributed by atoms with E-state index in [2.05, 4.69) is 5.32 Å². The molecule has 2 aliphatic heterocycles. The Morgan fingerprint density at radius 2 is 2.24 bits per heavy atom. The number of piperidine rings is 1. The lowest BCUT2D eigenvalue weighted by Crippen LogP contribution is -2.41. The van der Waals surface area contributed by atoms with Crippen LogP contribution in [0.1, 0.15) is 30.4 Å². The second-order valence-corrected chi connectivity index (χ2v) is 5.80. The van der Waals surface area contributed by atoms with Crippen LogP contribution >= 0.6 is 0 Å². The van der Waals surface area contributed by atoms with Gasteiger partial charge in [-0.15, -0.1) is 0 Å². The van der Waals surface area contributed by atoms with Crippen LogP contribution in [0.4, 0.5) is 4.39 Å². The Morgan fingerprint density at radius 3 is 3.00 bits per heavy atom. The molecule has 1 atom stereocenters. The maximum atomic E-state index is 13.7. The monoisotopic (exact) mass is 290 g/mol. The molecular formula is C16H19FN2O2. The molecule has 1 spiro atoms. The van der Waals surface area contributed by atoms with Crippen molar-refractivity contribution in [2.45, 2.75) is 37.6 Å².